The molecule has 19 heavy (non-hydrogen) atoms. The third kappa shape index (κ3) is 2.30. The Labute approximate surface area is 117 Å². The number of hydrogen-bond acceptors (Lipinski definition) is 2. The van der Waals surface area contributed by atoms with Gasteiger partial charge in [0.15, 0.2) is 0 Å². The van der Waals surface area contributed by atoms with Gasteiger partial charge in [-0.2, -0.15) is 0 Å². The fraction of sp³-hybridized carbons (Fsp3) is 0.214. The van der Waals surface area contributed by atoms with Crippen LogP contribution in [0.5, 0.6) is 0 Å². The molecule has 1 N–H and O–H groups in total. The molecule has 1 aromatic carbocycles. The van der Waals surface area contributed by atoms with Gasteiger partial charge in [-0.3, -0.25) is 4.79 Å². The van der Waals surface area contributed by atoms with Crippen LogP contribution in [0.25, 0.3) is 0 Å². The average Bonchev–Trinajstić information content (AvgIpc) is 2.91. The lowest BCUT2D eigenvalue weighted by Gasteiger charge is -2.19. The van der Waals surface area contributed by atoms with Gasteiger partial charge < -0.3 is 9.73 Å². The van der Waals surface area contributed by atoms with Gasteiger partial charge in [0.25, 0.3) is 0 Å². The van der Waals surface area contributed by atoms with Crippen LogP contribution in [0, 0.1) is 5.82 Å². The number of carbonyl (C=O) groups is 1. The lowest BCUT2D eigenvalue weighted by molar-refractivity contribution is -0.116. The van der Waals surface area contributed by atoms with Gasteiger partial charge in [-0.1, -0.05) is 15.9 Å². The highest BCUT2D eigenvalue weighted by molar-refractivity contribution is 9.09. The first-order valence-electron chi connectivity index (χ1n) is 5.95. The second kappa shape index (κ2) is 4.81. The molecule has 0 spiro atoms. The lowest BCUT2D eigenvalue weighted by Crippen LogP contribution is -2.19. The molecule has 1 aliphatic heterocycles. The van der Waals surface area contributed by atoms with Crippen LogP contribution in [-0.4, -0.2) is 5.91 Å². The number of carbonyl (C=O) groups excluding carboxylic acids is 1. The average molecular weight is 324 g/mol. The molecule has 2 aromatic rings. The quantitative estimate of drug-likeness (QED) is 0.854. The molecule has 0 aliphatic carbocycles. The molecular formula is C14H11BrFNO2. The number of fused-ring (bicyclic) bond motifs is 1. The van der Waals surface area contributed by atoms with E-state index in [4.69, 9.17) is 4.42 Å². The molecule has 0 radical (unpaired) electrons. The van der Waals surface area contributed by atoms with Crippen LogP contribution < -0.4 is 5.32 Å². The Morgan fingerprint density at radius 2 is 2.21 bits per heavy atom. The number of aryl methyl sites for hydroxylation is 1. The second-order valence-corrected chi connectivity index (χ2v) is 5.37. The minimum atomic E-state index is -0.362. The number of anilines is 1. The van der Waals surface area contributed by atoms with Crippen molar-refractivity contribution in [3.8, 4) is 0 Å². The van der Waals surface area contributed by atoms with E-state index < -0.39 is 0 Å². The Morgan fingerprint density at radius 3 is 2.95 bits per heavy atom. The predicted molar refractivity (Wildman–Crippen MR) is 72.8 cm³/mol. The van der Waals surface area contributed by atoms with Gasteiger partial charge in [0.05, 0.1) is 6.26 Å². The minimum Gasteiger partial charge on any atom is -0.468 e. The Bertz CT molecular complexity index is 625. The molecule has 3 rings (SSSR count). The first-order valence-corrected chi connectivity index (χ1v) is 6.86. The van der Waals surface area contributed by atoms with E-state index in [2.05, 4.69) is 21.2 Å². The molecule has 1 aliphatic rings. The zero-order valence-electron chi connectivity index (χ0n) is 9.95. The highest BCUT2D eigenvalue weighted by Crippen LogP contribution is 2.36. The molecule has 5 heteroatoms. The van der Waals surface area contributed by atoms with Gasteiger partial charge in [-0.25, -0.2) is 4.39 Å². The summed E-state index contributed by atoms with van der Waals surface area (Å²) >= 11 is 3.44. The standard InChI is InChI=1S/C14H11BrFNO2/c15-14(12-2-1-5-19-12)9-6-8-3-4-13(18)17-11(8)7-10(9)16/h1-2,5-7,14H,3-4H2,(H,17,18). The Balaban J connectivity index is 2.01. The Kier molecular flexibility index (Phi) is 3.14. The minimum absolute atomic E-state index is 0.0684. The SMILES string of the molecule is O=C1CCc2cc(C(Br)c3ccco3)c(F)cc2N1. The monoisotopic (exact) mass is 323 g/mol. The maximum Gasteiger partial charge on any atom is 0.224 e. The summed E-state index contributed by atoms with van der Waals surface area (Å²) in [4.78, 5) is 11.0. The molecule has 98 valence electrons. The predicted octanol–water partition coefficient (Wildman–Crippen LogP) is 3.79. The van der Waals surface area contributed by atoms with E-state index in [9.17, 15) is 9.18 Å². The maximum atomic E-state index is 14.1. The smallest absolute Gasteiger partial charge is 0.224 e. The number of amides is 1. The van der Waals surface area contributed by atoms with E-state index >= 15 is 0 Å². The fourth-order valence-corrected chi connectivity index (χ4v) is 2.82. The molecule has 3 nitrogen and oxygen atoms in total. The van der Waals surface area contributed by atoms with Gasteiger partial charge in [0.1, 0.15) is 16.4 Å². The highest BCUT2D eigenvalue weighted by atomic mass is 79.9. The van der Waals surface area contributed by atoms with E-state index in [0.717, 1.165) is 5.56 Å². The first-order chi connectivity index (χ1) is 9.15. The van der Waals surface area contributed by atoms with E-state index in [-0.39, 0.29) is 16.6 Å². The number of furan rings is 1. The van der Waals surface area contributed by atoms with Crippen LogP contribution >= 0.6 is 15.9 Å². The second-order valence-electron chi connectivity index (χ2n) is 4.46. The van der Waals surface area contributed by atoms with E-state index in [1.54, 1.807) is 24.5 Å². The summed E-state index contributed by atoms with van der Waals surface area (Å²) in [5.74, 6) is 0.221. The van der Waals surface area contributed by atoms with E-state index in [0.29, 0.717) is 29.9 Å². The van der Waals surface area contributed by atoms with Gasteiger partial charge in [0, 0.05) is 17.7 Å². The Morgan fingerprint density at radius 1 is 1.37 bits per heavy atom. The first kappa shape index (κ1) is 12.4. The molecule has 1 amide bonds. The summed E-state index contributed by atoms with van der Waals surface area (Å²) in [6.07, 6.45) is 2.62. The molecule has 1 unspecified atom stereocenters. The van der Waals surface area contributed by atoms with Crippen molar-refractivity contribution in [3.63, 3.8) is 0 Å². The summed E-state index contributed by atoms with van der Waals surface area (Å²) in [5.41, 5.74) is 2.04. The van der Waals surface area contributed by atoms with Crippen LogP contribution in [0.15, 0.2) is 34.9 Å². The van der Waals surface area contributed by atoms with Crippen molar-refractivity contribution in [2.45, 2.75) is 17.7 Å². The van der Waals surface area contributed by atoms with Gasteiger partial charge in [-0.05, 0) is 36.2 Å². The third-order valence-corrected chi connectivity index (χ3v) is 4.13. The van der Waals surface area contributed by atoms with E-state index in [1.165, 1.54) is 6.07 Å². The summed E-state index contributed by atoms with van der Waals surface area (Å²) in [7, 11) is 0. The van der Waals surface area contributed by atoms with Gasteiger partial charge in [0.2, 0.25) is 5.91 Å². The van der Waals surface area contributed by atoms with Crippen molar-refractivity contribution in [1.29, 1.82) is 0 Å². The number of benzene rings is 1. The Hall–Kier alpha value is -1.62. The number of rotatable bonds is 2. The van der Waals surface area contributed by atoms with Crippen LogP contribution in [0.2, 0.25) is 0 Å². The molecule has 2 heterocycles. The molecule has 1 aromatic heterocycles. The topological polar surface area (TPSA) is 42.2 Å². The van der Waals surface area contributed by atoms with Crippen molar-refractivity contribution in [2.75, 3.05) is 5.32 Å². The molecule has 0 saturated carbocycles. The van der Waals surface area contributed by atoms with Crippen LogP contribution in [-0.2, 0) is 11.2 Å². The van der Waals surface area contributed by atoms with Crippen molar-refractivity contribution in [1.82, 2.24) is 0 Å². The van der Waals surface area contributed by atoms with Crippen LogP contribution in [0.4, 0.5) is 10.1 Å². The van der Waals surface area contributed by atoms with E-state index in [1.807, 2.05) is 0 Å². The lowest BCUT2D eigenvalue weighted by atomic mass is 9.98. The molecule has 1 atom stereocenters. The third-order valence-electron chi connectivity index (χ3n) is 3.18. The number of nitrogens with one attached hydrogen (secondary N) is 1. The molecule has 0 fully saturated rings. The van der Waals surface area contributed by atoms with Crippen molar-refractivity contribution in [2.24, 2.45) is 0 Å². The molecular weight excluding hydrogens is 313 g/mol. The fourth-order valence-electron chi connectivity index (χ4n) is 2.20. The summed E-state index contributed by atoms with van der Waals surface area (Å²) in [5, 5.41) is 2.68. The highest BCUT2D eigenvalue weighted by Gasteiger charge is 2.22. The van der Waals surface area contributed by atoms with Crippen LogP contribution in [0.1, 0.15) is 28.1 Å². The zero-order chi connectivity index (χ0) is 13.4. The zero-order valence-corrected chi connectivity index (χ0v) is 11.5. The number of hydrogen-bond donors (Lipinski definition) is 1. The van der Waals surface area contributed by atoms with Crippen LogP contribution in [0.3, 0.4) is 0 Å². The normalized spacial score (nSPS) is 15.8. The van der Waals surface area contributed by atoms with Gasteiger partial charge >= 0.3 is 0 Å². The van der Waals surface area contributed by atoms with Crippen molar-refractivity contribution >= 4 is 27.5 Å². The number of alkyl halides is 1. The number of halogens is 2. The largest absolute Gasteiger partial charge is 0.468 e. The van der Waals surface area contributed by atoms with Crippen molar-refractivity contribution < 1.29 is 13.6 Å². The van der Waals surface area contributed by atoms with Crippen molar-refractivity contribution in [3.05, 3.63) is 53.2 Å². The summed E-state index contributed by atoms with van der Waals surface area (Å²) in [6.45, 7) is 0. The molecule has 0 saturated heterocycles. The van der Waals surface area contributed by atoms with Gasteiger partial charge in [-0.15, -0.1) is 0 Å². The maximum absolute atomic E-state index is 14.1. The summed E-state index contributed by atoms with van der Waals surface area (Å²) in [6, 6.07) is 6.71. The molecule has 0 bridgehead atoms. The summed E-state index contributed by atoms with van der Waals surface area (Å²) < 4.78 is 19.4.